The summed E-state index contributed by atoms with van der Waals surface area (Å²) in [6.45, 7) is 2.62. The molecule has 0 radical (unpaired) electrons. The summed E-state index contributed by atoms with van der Waals surface area (Å²) in [5.41, 5.74) is 0. The molecule has 1 heterocycles. The Morgan fingerprint density at radius 3 is 3.00 bits per heavy atom. The van der Waals surface area contributed by atoms with Crippen molar-refractivity contribution in [2.75, 3.05) is 19.9 Å². The number of hydrogen-bond acceptors (Lipinski definition) is 4. The zero-order valence-electron chi connectivity index (χ0n) is 7.40. The van der Waals surface area contributed by atoms with Crippen LogP contribution in [0.25, 0.3) is 0 Å². The van der Waals surface area contributed by atoms with Crippen LogP contribution in [0, 0.1) is 0 Å². The van der Waals surface area contributed by atoms with Crippen LogP contribution in [-0.4, -0.2) is 42.1 Å². The molecule has 5 heteroatoms. The SMILES string of the molecule is COC(=O)N1C(SC)=NCC1C. The van der Waals surface area contributed by atoms with E-state index in [9.17, 15) is 4.79 Å². The minimum absolute atomic E-state index is 0.125. The fourth-order valence-corrected chi connectivity index (χ4v) is 1.73. The van der Waals surface area contributed by atoms with Crippen LogP contribution in [0.3, 0.4) is 0 Å². The summed E-state index contributed by atoms with van der Waals surface area (Å²) in [6, 6.07) is 0.125. The molecule has 1 aliphatic rings. The molecule has 68 valence electrons. The normalized spacial score (nSPS) is 22.4. The van der Waals surface area contributed by atoms with Gasteiger partial charge in [0, 0.05) is 0 Å². The molecule has 0 aromatic carbocycles. The molecular weight excluding hydrogens is 176 g/mol. The Hall–Kier alpha value is -0.710. The maximum atomic E-state index is 11.2. The molecule has 0 N–H and O–H groups in total. The molecule has 4 nitrogen and oxygen atoms in total. The summed E-state index contributed by atoms with van der Waals surface area (Å²) in [7, 11) is 1.38. The predicted molar refractivity (Wildman–Crippen MR) is 49.5 cm³/mol. The van der Waals surface area contributed by atoms with E-state index in [0.29, 0.717) is 6.54 Å². The van der Waals surface area contributed by atoms with Gasteiger partial charge in [-0.3, -0.25) is 9.89 Å². The van der Waals surface area contributed by atoms with E-state index >= 15 is 0 Å². The second kappa shape index (κ2) is 3.80. The standard InChI is InChI=1S/C7H12N2O2S/c1-5-4-8-6(12-3)9(5)7(10)11-2/h5H,4H2,1-3H3. The van der Waals surface area contributed by atoms with Crippen molar-refractivity contribution in [3.8, 4) is 0 Å². The van der Waals surface area contributed by atoms with Crippen molar-refractivity contribution < 1.29 is 9.53 Å². The van der Waals surface area contributed by atoms with Crippen LogP contribution in [-0.2, 0) is 4.74 Å². The number of amides is 1. The van der Waals surface area contributed by atoms with E-state index in [1.807, 2.05) is 13.2 Å². The van der Waals surface area contributed by atoms with Gasteiger partial charge in [-0.2, -0.15) is 0 Å². The molecule has 0 bridgehead atoms. The van der Waals surface area contributed by atoms with Gasteiger partial charge in [-0.05, 0) is 13.2 Å². The van der Waals surface area contributed by atoms with Crippen molar-refractivity contribution in [2.24, 2.45) is 4.99 Å². The number of methoxy groups -OCH3 is 1. The summed E-state index contributed by atoms with van der Waals surface area (Å²) in [5.74, 6) is 0. The largest absolute Gasteiger partial charge is 0.452 e. The molecule has 0 spiro atoms. The van der Waals surface area contributed by atoms with Crippen molar-refractivity contribution in [3.63, 3.8) is 0 Å². The van der Waals surface area contributed by atoms with Gasteiger partial charge < -0.3 is 4.74 Å². The summed E-state index contributed by atoms with van der Waals surface area (Å²) in [5, 5.41) is 0.745. The van der Waals surface area contributed by atoms with Crippen LogP contribution in [0.4, 0.5) is 4.79 Å². The molecule has 1 rings (SSSR count). The van der Waals surface area contributed by atoms with Crippen LogP contribution in [0.2, 0.25) is 0 Å². The Labute approximate surface area is 76.0 Å². The van der Waals surface area contributed by atoms with Crippen LogP contribution in [0.1, 0.15) is 6.92 Å². The average Bonchev–Trinajstić information content (AvgIpc) is 2.45. The Balaban J connectivity index is 2.72. The third-order valence-corrected chi connectivity index (χ3v) is 2.38. The summed E-state index contributed by atoms with van der Waals surface area (Å²) >= 11 is 1.46. The van der Waals surface area contributed by atoms with E-state index < -0.39 is 0 Å². The third-order valence-electron chi connectivity index (χ3n) is 1.69. The van der Waals surface area contributed by atoms with Crippen LogP contribution in [0.15, 0.2) is 4.99 Å². The van der Waals surface area contributed by atoms with E-state index in [-0.39, 0.29) is 12.1 Å². The molecule has 0 aliphatic carbocycles. The highest BCUT2D eigenvalue weighted by molar-refractivity contribution is 8.13. The molecule has 1 amide bonds. The highest BCUT2D eigenvalue weighted by Crippen LogP contribution is 2.17. The number of amidine groups is 1. The number of hydrogen-bond donors (Lipinski definition) is 0. The number of ether oxygens (including phenoxy) is 1. The van der Waals surface area contributed by atoms with E-state index in [1.165, 1.54) is 18.9 Å². The summed E-state index contributed by atoms with van der Waals surface area (Å²) in [6.07, 6.45) is 1.57. The van der Waals surface area contributed by atoms with Gasteiger partial charge in [0.25, 0.3) is 0 Å². The zero-order valence-corrected chi connectivity index (χ0v) is 8.22. The van der Waals surface area contributed by atoms with Crippen LogP contribution >= 0.6 is 11.8 Å². The fraction of sp³-hybridized carbons (Fsp3) is 0.714. The monoisotopic (exact) mass is 188 g/mol. The molecule has 0 aromatic rings. The number of carbonyl (C=O) groups is 1. The van der Waals surface area contributed by atoms with Gasteiger partial charge in [0.2, 0.25) is 0 Å². The lowest BCUT2D eigenvalue weighted by molar-refractivity contribution is 0.141. The zero-order chi connectivity index (χ0) is 9.14. The molecule has 0 aromatic heterocycles. The highest BCUT2D eigenvalue weighted by Gasteiger charge is 2.29. The van der Waals surface area contributed by atoms with Crippen molar-refractivity contribution in [1.82, 2.24) is 4.90 Å². The Morgan fingerprint density at radius 1 is 1.83 bits per heavy atom. The molecule has 12 heavy (non-hydrogen) atoms. The molecule has 1 unspecified atom stereocenters. The number of nitrogens with zero attached hydrogens (tertiary/aromatic N) is 2. The minimum atomic E-state index is -0.326. The number of aliphatic imine (C=N–C) groups is 1. The summed E-state index contributed by atoms with van der Waals surface area (Å²) in [4.78, 5) is 17.0. The molecule has 0 fully saturated rings. The van der Waals surface area contributed by atoms with Gasteiger partial charge in [-0.1, -0.05) is 11.8 Å². The first-order chi connectivity index (χ1) is 5.70. The smallest absolute Gasteiger partial charge is 0.415 e. The lowest BCUT2D eigenvalue weighted by Crippen LogP contribution is -2.38. The first kappa shape index (κ1) is 9.38. The Kier molecular flexibility index (Phi) is 2.97. The lowest BCUT2D eigenvalue weighted by Gasteiger charge is -2.19. The average molecular weight is 188 g/mol. The maximum Gasteiger partial charge on any atom is 0.415 e. The van der Waals surface area contributed by atoms with Gasteiger partial charge in [-0.25, -0.2) is 4.79 Å². The first-order valence-electron chi connectivity index (χ1n) is 3.66. The maximum absolute atomic E-state index is 11.2. The second-order valence-electron chi connectivity index (χ2n) is 2.52. The van der Waals surface area contributed by atoms with Crippen LogP contribution in [0.5, 0.6) is 0 Å². The second-order valence-corrected chi connectivity index (χ2v) is 3.29. The van der Waals surface area contributed by atoms with Crippen molar-refractivity contribution in [3.05, 3.63) is 0 Å². The van der Waals surface area contributed by atoms with Crippen molar-refractivity contribution in [1.29, 1.82) is 0 Å². The summed E-state index contributed by atoms with van der Waals surface area (Å²) < 4.78 is 4.63. The molecule has 0 saturated heterocycles. The number of rotatable bonds is 0. The van der Waals surface area contributed by atoms with Crippen LogP contribution < -0.4 is 0 Å². The Morgan fingerprint density at radius 2 is 2.50 bits per heavy atom. The minimum Gasteiger partial charge on any atom is -0.452 e. The van der Waals surface area contributed by atoms with E-state index in [0.717, 1.165) is 5.17 Å². The first-order valence-corrected chi connectivity index (χ1v) is 4.88. The van der Waals surface area contributed by atoms with Crippen molar-refractivity contribution in [2.45, 2.75) is 13.0 Å². The van der Waals surface area contributed by atoms with E-state index in [2.05, 4.69) is 9.73 Å². The molecule has 1 atom stereocenters. The van der Waals surface area contributed by atoms with Gasteiger partial charge in [0.15, 0.2) is 5.17 Å². The topological polar surface area (TPSA) is 41.9 Å². The predicted octanol–water partition coefficient (Wildman–Crippen LogP) is 1.18. The number of thioether (sulfide) groups is 1. The fourth-order valence-electron chi connectivity index (χ4n) is 1.08. The Bertz CT molecular complexity index is 217. The molecule has 1 aliphatic heterocycles. The van der Waals surface area contributed by atoms with E-state index in [1.54, 1.807) is 4.90 Å². The third kappa shape index (κ3) is 1.55. The highest BCUT2D eigenvalue weighted by atomic mass is 32.2. The molecule has 0 saturated carbocycles. The lowest BCUT2D eigenvalue weighted by atomic mass is 10.3. The van der Waals surface area contributed by atoms with Gasteiger partial charge in [-0.15, -0.1) is 0 Å². The quantitative estimate of drug-likeness (QED) is 0.573. The van der Waals surface area contributed by atoms with Gasteiger partial charge >= 0.3 is 6.09 Å². The molecular formula is C7H12N2O2S. The van der Waals surface area contributed by atoms with Gasteiger partial charge in [0.1, 0.15) is 0 Å². The number of carbonyl (C=O) groups excluding carboxylic acids is 1. The van der Waals surface area contributed by atoms with Crippen molar-refractivity contribution >= 4 is 23.0 Å². The van der Waals surface area contributed by atoms with Gasteiger partial charge in [0.05, 0.1) is 19.7 Å². The van der Waals surface area contributed by atoms with E-state index in [4.69, 9.17) is 0 Å².